The summed E-state index contributed by atoms with van der Waals surface area (Å²) in [6.07, 6.45) is -34.7. The molecule has 5 aliphatic heterocycles. The number of hydrogen-bond acceptors (Lipinski definition) is 46. The van der Waals surface area contributed by atoms with E-state index in [2.05, 4.69) is 63.0 Å². The molecule has 6 unspecified atom stereocenters. The minimum absolute atomic E-state index is 0.0645. The maximum absolute atomic E-state index is 14.4. The number of methoxy groups -OCH3 is 1. The fourth-order valence-electron chi connectivity index (χ4n) is 12.6. The Morgan fingerprint density at radius 1 is 0.419 bits per heavy atom. The molecule has 13 rings (SSSR count). The van der Waals surface area contributed by atoms with Gasteiger partial charge in [0.05, 0.1) is 52.0 Å². The van der Waals surface area contributed by atoms with Crippen molar-refractivity contribution in [1.82, 2.24) is 77.7 Å². The van der Waals surface area contributed by atoms with Crippen LogP contribution >= 0.6 is 54.8 Å². The first-order chi connectivity index (χ1) is 54.8. The molecule has 26 atom stereocenters. The van der Waals surface area contributed by atoms with Gasteiger partial charge in [-0.15, -0.1) is 0 Å². The second-order valence-electron chi connectivity index (χ2n) is 25.2. The van der Waals surface area contributed by atoms with Crippen LogP contribution in [0, 0.1) is 0 Å². The Balaban J connectivity index is 0.721. The maximum atomic E-state index is 14.4. The van der Waals surface area contributed by atoms with E-state index in [1.807, 2.05) is 4.98 Å². The molecule has 0 saturated carbocycles. The van der Waals surface area contributed by atoms with E-state index in [-0.39, 0.29) is 56.9 Å². The maximum Gasteiger partial charge on any atom is 0.490 e. The lowest BCUT2D eigenvalue weighted by atomic mass is 10.1. The zero-order valence-electron chi connectivity index (χ0n) is 58.2. The minimum Gasteiger partial charge on any atom is -0.386 e. The summed E-state index contributed by atoms with van der Waals surface area (Å²) in [6, 6.07) is 1.73. The number of nitrogens with zero attached hydrogens (tertiary/aromatic N) is 14. The number of rotatable bonds is 33. The van der Waals surface area contributed by atoms with Gasteiger partial charge in [-0.2, -0.15) is 18.6 Å². The number of aliphatic hydroxyl groups is 5. The molecular weight excluding hydrogens is 1740 g/mol. The SMILES string of the molecule is CO[C@H]1[C@@H](O)[C@H](n2cnc3c(=O)[nH]c(N)nc32)O[C@@H]1COP(=O)(O)O[C@H]1[C@@H](O)[C@H](n2cnc3c(N)ncnc32)O[C@@H]1COP(=O)(O)O[C@H]1[C@@H](O)[C@H](n2ccc(N)nc2=O)O[C@@H]1COP(=O)(O)O[C@H]1[C@@H](O)[C@H](n2ccc(=O)[nH]c2=O)O[C@@H]1COP(=O)(O)O[C@H]1[C@@H](O)[C@H](n2cnc3c(N)ncnc32)O[C@@H]1COP(=O)(O)OP(=O)(O)OP(=O)(O)O. The molecule has 8 aromatic heterocycles. The normalized spacial score (nSPS) is 31.5. The van der Waals surface area contributed by atoms with Gasteiger partial charge in [0.2, 0.25) is 5.95 Å². The second-order valence-corrected chi connectivity index (χ2v) is 35.2. The zero-order valence-corrected chi connectivity index (χ0v) is 64.5. The van der Waals surface area contributed by atoms with Crippen LogP contribution in [0.1, 0.15) is 31.1 Å². The van der Waals surface area contributed by atoms with Crippen LogP contribution in [-0.4, -0.2) is 274 Å². The highest BCUT2D eigenvalue weighted by molar-refractivity contribution is 7.66. The van der Waals surface area contributed by atoms with Gasteiger partial charge in [0.15, 0.2) is 65.2 Å². The molecule has 0 aromatic carbocycles. The average Bonchev–Trinajstić information content (AvgIpc) is 1.67. The van der Waals surface area contributed by atoms with E-state index in [1.54, 1.807) is 0 Å². The first kappa shape index (κ1) is 87.4. The molecule has 0 radical (unpaired) electrons. The fourth-order valence-corrected chi connectivity index (χ4v) is 19.5. The number of nitrogen functional groups attached to an aromatic ring is 4. The van der Waals surface area contributed by atoms with E-state index in [0.29, 0.717) is 9.13 Å². The minimum atomic E-state index is -6.17. The Bertz CT molecular complexity index is 5660. The summed E-state index contributed by atoms with van der Waals surface area (Å²) in [5.41, 5.74) is 18.0. The van der Waals surface area contributed by atoms with E-state index >= 15 is 0 Å². The van der Waals surface area contributed by atoms with Crippen molar-refractivity contribution in [1.29, 1.82) is 0 Å². The molecule has 0 bridgehead atoms. The van der Waals surface area contributed by atoms with Gasteiger partial charge in [-0.05, 0) is 6.07 Å². The molecule has 5 fully saturated rings. The van der Waals surface area contributed by atoms with E-state index in [1.165, 1.54) is 0 Å². The van der Waals surface area contributed by atoms with E-state index in [0.717, 1.165) is 77.0 Å². The number of anilines is 4. The standard InChI is InChI=1S/C49H65N20O41P7/c1-94-31-16(100-44(26(31)71)69-15-60-25-40(69)63-47(53)64-41(25)76)6-95-112(82,83)107-34-19(103-45(29(34)74)67-13-58-23-36(51)54-11-56-38(23)67)9-98-114(86,87)105-32-17(101-42(27(32)72)65-4-2-21(50)61-48(65)77)7-96-113(84,85)106-33-18(102-43(28(33)73)66-5-3-22(70)62-49(66)78)8-97-115(88,89)108-35-20(10-99-116(90,91)110-117(92,93)109-111(79,80)81)104-46(30(35)75)68-14-59-24-37(52)55-12-57-39(24)68/h2-5,11-20,26-35,42-46,71-75H,6-10H2,1H3,(H,82,83)(H,84,85)(H,86,87)(H,88,89)(H,90,91)(H,92,93)(H2,50,61,77)(H2,51,54,56)(H2,52,55,57)(H,62,70,78)(H2,79,80,81)(H3,53,63,64,76)/t16-,17-,18-,19-,20-,26-,27-,28-,29-,30-,31-,32-,33-,34-,35-,42-,43-,44-,45-,46-/m1/s1. The molecule has 117 heavy (non-hydrogen) atoms. The van der Waals surface area contributed by atoms with Crippen LogP contribution in [0.5, 0.6) is 0 Å². The van der Waals surface area contributed by atoms with Crippen molar-refractivity contribution in [3.8, 4) is 0 Å². The van der Waals surface area contributed by atoms with Gasteiger partial charge < -0.3 is 116 Å². The Kier molecular flexibility index (Phi) is 25.1. The van der Waals surface area contributed by atoms with E-state index in [9.17, 15) is 106 Å². The van der Waals surface area contributed by atoms with Gasteiger partial charge in [0.1, 0.15) is 121 Å². The van der Waals surface area contributed by atoms with Crippen LogP contribution in [-0.2, 0) is 110 Å². The second kappa shape index (κ2) is 33.6. The lowest BCUT2D eigenvalue weighted by Gasteiger charge is -2.27. The fraction of sp³-hybridized carbons (Fsp3) is 0.531. The summed E-state index contributed by atoms with van der Waals surface area (Å²) in [4.78, 5) is 174. The lowest BCUT2D eigenvalue weighted by Crippen LogP contribution is -2.39. The van der Waals surface area contributed by atoms with Gasteiger partial charge in [-0.1, -0.05) is 0 Å². The monoisotopic (exact) mass is 1810 g/mol. The summed E-state index contributed by atoms with van der Waals surface area (Å²) >= 11 is 0. The molecule has 0 amide bonds. The van der Waals surface area contributed by atoms with Gasteiger partial charge in [-0.25, -0.2) is 76.4 Å². The van der Waals surface area contributed by atoms with Crippen molar-refractivity contribution in [2.75, 3.05) is 63.1 Å². The quantitative estimate of drug-likeness (QED) is 0.0170. The van der Waals surface area contributed by atoms with Crippen LogP contribution in [0.4, 0.5) is 23.4 Å². The summed E-state index contributed by atoms with van der Waals surface area (Å²) in [6.45, 7) is -6.79. The number of nitrogens with two attached hydrogens (primary N) is 4. The molecule has 0 aliphatic carbocycles. The van der Waals surface area contributed by atoms with Crippen LogP contribution in [0.25, 0.3) is 33.5 Å². The largest absolute Gasteiger partial charge is 0.490 e. The number of nitrogens with one attached hydrogen (secondary N) is 2. The van der Waals surface area contributed by atoms with Gasteiger partial charge in [-0.3, -0.25) is 83.1 Å². The molecule has 0 spiro atoms. The smallest absolute Gasteiger partial charge is 0.386 e. The third kappa shape index (κ3) is 19.2. The number of phosphoric ester groups is 5. The Labute approximate surface area is 645 Å². The first-order valence-corrected chi connectivity index (χ1v) is 43.2. The van der Waals surface area contributed by atoms with Crippen molar-refractivity contribution in [3.05, 3.63) is 97.8 Å². The van der Waals surface area contributed by atoms with Crippen molar-refractivity contribution in [3.63, 3.8) is 0 Å². The van der Waals surface area contributed by atoms with Crippen LogP contribution in [0.15, 0.2) is 75.3 Å². The van der Waals surface area contributed by atoms with Crippen molar-refractivity contribution in [2.45, 2.75) is 123 Å². The highest BCUT2D eigenvalue weighted by Gasteiger charge is 2.57. The molecule has 61 nitrogen and oxygen atoms in total. The third-order valence-electron chi connectivity index (χ3n) is 17.6. The molecule has 5 saturated heterocycles. The number of aromatic amines is 2. The summed E-state index contributed by atoms with van der Waals surface area (Å²) in [5, 5.41) is 58.6. The lowest BCUT2D eigenvalue weighted by molar-refractivity contribution is -0.0658. The number of phosphoric acid groups is 7. The number of aliphatic hydroxyl groups excluding tert-OH is 5. The number of H-pyrrole nitrogens is 2. The van der Waals surface area contributed by atoms with Gasteiger partial charge >= 0.3 is 66.1 Å². The highest BCUT2D eigenvalue weighted by atomic mass is 31.3. The molecular formula is C49H65N20O41P7. The van der Waals surface area contributed by atoms with Crippen molar-refractivity contribution >= 4 is 112 Å². The third-order valence-corrected chi connectivity index (χ3v) is 25.3. The zero-order chi connectivity index (χ0) is 84.7. The molecule has 8 aromatic rings. The topological polar surface area (TPSA) is 884 Å². The number of ether oxygens (including phenoxy) is 6. The van der Waals surface area contributed by atoms with Crippen LogP contribution in [0.2, 0.25) is 0 Å². The first-order valence-electron chi connectivity index (χ1n) is 32.7. The molecule has 642 valence electrons. The Morgan fingerprint density at radius 3 is 1.17 bits per heavy atom. The van der Waals surface area contributed by atoms with Crippen LogP contribution in [0.3, 0.4) is 0 Å². The molecule has 5 aliphatic rings. The van der Waals surface area contributed by atoms with E-state index < -0.39 is 233 Å². The summed E-state index contributed by atoms with van der Waals surface area (Å²) < 4.78 is 186. The van der Waals surface area contributed by atoms with E-state index in [4.69, 9.17) is 97.3 Å². The molecule has 68 heteroatoms. The predicted molar refractivity (Wildman–Crippen MR) is 369 cm³/mol. The van der Waals surface area contributed by atoms with Gasteiger partial charge in [0.25, 0.3) is 11.1 Å². The molecule has 23 N–H and O–H groups in total. The highest BCUT2D eigenvalue weighted by Crippen LogP contribution is 2.67. The molecule has 13 heterocycles. The average molecular weight is 1810 g/mol. The van der Waals surface area contributed by atoms with Crippen molar-refractivity contribution in [2.24, 2.45) is 0 Å². The van der Waals surface area contributed by atoms with Crippen molar-refractivity contribution < 1.29 is 174 Å². The summed E-state index contributed by atoms with van der Waals surface area (Å²) in [5.74, 6) is -1.14. The van der Waals surface area contributed by atoms with Crippen LogP contribution < -0.4 is 45.4 Å². The number of imidazole rings is 3. The Morgan fingerprint density at radius 2 is 0.778 bits per heavy atom. The number of fused-ring (bicyclic) bond motifs is 3. The Hall–Kier alpha value is -7.38. The number of aromatic nitrogens is 16. The van der Waals surface area contributed by atoms with Gasteiger partial charge in [0, 0.05) is 25.6 Å². The number of hydrogen-bond donors (Lipinski definition) is 19. The summed E-state index contributed by atoms with van der Waals surface area (Å²) in [7, 11) is -40.6. The predicted octanol–water partition coefficient (Wildman–Crippen LogP) is -6.41.